The molecule has 1 aliphatic carbocycles. The Kier molecular flexibility index (Phi) is 21.1. The second-order valence-corrected chi connectivity index (χ2v) is 34.9. The fourth-order valence-electron chi connectivity index (χ4n) is 20.2. The Bertz CT molecular complexity index is 8340. The van der Waals surface area contributed by atoms with Crippen LogP contribution in [-0.4, -0.2) is 4.98 Å². The van der Waals surface area contributed by atoms with Gasteiger partial charge in [-0.3, -0.25) is 4.98 Å². The normalized spacial score (nSPS) is 11.9. The van der Waals surface area contributed by atoms with Crippen LogP contribution in [0.15, 0.2) is 543 Å². The predicted molar refractivity (Wildman–Crippen MR) is 570 cm³/mol. The van der Waals surface area contributed by atoms with Crippen LogP contribution in [0.25, 0.3) is 154 Å². The minimum atomic E-state index is -0.473. The summed E-state index contributed by atoms with van der Waals surface area (Å²) < 4.78 is 12.5. The van der Waals surface area contributed by atoms with Crippen LogP contribution in [-0.2, 0) is 5.41 Å². The summed E-state index contributed by atoms with van der Waals surface area (Å²) in [6, 6.07) is 187. The van der Waals surface area contributed by atoms with Crippen molar-refractivity contribution in [3.05, 3.63) is 556 Å². The van der Waals surface area contributed by atoms with Crippen molar-refractivity contribution in [2.24, 2.45) is 0 Å². The Morgan fingerprint density at radius 2 is 0.456 bits per heavy atom. The number of fused-ring (bicyclic) bond motifs is 13. The molecule has 0 saturated carbocycles. The molecule has 136 heavy (non-hydrogen) atoms. The van der Waals surface area contributed by atoms with E-state index in [9.17, 15) is 0 Å². The standard InChI is InChI=1S/C51H35N.C40H27NO.C39H26N2O/c1-3-17-42(18-4-1)51(43-19-5-2-6-20-43)49-22-12-11-21-47(49)48-32-31-46(35-50(48)51)52(45-30-27-37-14-8-10-16-40(37)34-45)44-28-25-38(26-29-44)41-24-23-36-13-7-9-15-39(36)33-41;1-2-8-28(9-3-1)30-16-20-34(21-17-30)41(36-24-25-38-37-12-6-7-13-39(37)42-40(38)27-36)35-22-18-31(19-23-35)33-15-14-29-10-4-5-11-32(29)26-33;1-2-7-30-24-31(12-11-27(30)6-1)28-13-17-33(18-14-28)41(34-19-15-29(16-20-34)32-8-5-23-40-26-32)35-21-22-37-36-9-3-4-10-38(36)42-39(37)25-35/h1-35H;1-27H;1-26H. The van der Waals surface area contributed by atoms with E-state index in [0.717, 1.165) is 106 Å². The van der Waals surface area contributed by atoms with Crippen LogP contribution < -0.4 is 14.7 Å². The predicted octanol–water partition coefficient (Wildman–Crippen LogP) is 36.0. The van der Waals surface area contributed by atoms with E-state index in [1.54, 1.807) is 6.20 Å². The van der Waals surface area contributed by atoms with Gasteiger partial charge in [-0.15, -0.1) is 0 Å². The first kappa shape index (κ1) is 81.3. The molecule has 1 aliphatic rings. The largest absolute Gasteiger partial charge is 0.456 e. The molecule has 3 aromatic heterocycles. The van der Waals surface area contributed by atoms with E-state index in [-0.39, 0.29) is 0 Å². The van der Waals surface area contributed by atoms with E-state index in [1.807, 2.05) is 36.5 Å². The summed E-state index contributed by atoms with van der Waals surface area (Å²) in [5, 5.41) is 14.5. The summed E-state index contributed by atoms with van der Waals surface area (Å²) in [5.74, 6) is 0. The second-order valence-electron chi connectivity index (χ2n) is 34.9. The van der Waals surface area contributed by atoms with Gasteiger partial charge in [0.15, 0.2) is 0 Å². The molecule has 0 unspecified atom stereocenters. The number of benzene rings is 22. The van der Waals surface area contributed by atoms with Crippen LogP contribution in [0.1, 0.15) is 22.3 Å². The molecule has 0 spiro atoms. The van der Waals surface area contributed by atoms with E-state index in [0.29, 0.717) is 0 Å². The van der Waals surface area contributed by atoms with Crippen LogP contribution in [0.3, 0.4) is 0 Å². The molecule has 0 N–H and O–H groups in total. The van der Waals surface area contributed by atoms with Gasteiger partial charge in [0, 0.05) is 97.3 Å². The van der Waals surface area contributed by atoms with E-state index < -0.39 is 5.41 Å². The van der Waals surface area contributed by atoms with Crippen molar-refractivity contribution in [3.63, 3.8) is 0 Å². The topological polar surface area (TPSA) is 48.9 Å². The number of anilines is 9. The molecular formula is C130H88N4O2. The summed E-state index contributed by atoms with van der Waals surface area (Å²) in [6.45, 7) is 0. The third kappa shape index (κ3) is 15.4. The van der Waals surface area contributed by atoms with Gasteiger partial charge >= 0.3 is 0 Å². The maximum Gasteiger partial charge on any atom is 0.137 e. The maximum absolute atomic E-state index is 6.28. The minimum absolute atomic E-state index is 0.473. The van der Waals surface area contributed by atoms with Gasteiger partial charge in [-0.1, -0.05) is 364 Å². The molecule has 6 heteroatoms. The Morgan fingerprint density at radius 1 is 0.169 bits per heavy atom. The van der Waals surface area contributed by atoms with Crippen LogP contribution in [0, 0.1) is 0 Å². The van der Waals surface area contributed by atoms with Gasteiger partial charge in [-0.05, 0) is 278 Å². The lowest BCUT2D eigenvalue weighted by Crippen LogP contribution is -2.28. The lowest BCUT2D eigenvalue weighted by atomic mass is 9.67. The first-order valence-electron chi connectivity index (χ1n) is 46.4. The van der Waals surface area contributed by atoms with Crippen molar-refractivity contribution in [2.75, 3.05) is 14.7 Å². The number of rotatable bonds is 16. The van der Waals surface area contributed by atoms with Gasteiger partial charge < -0.3 is 23.5 Å². The summed E-state index contributed by atoms with van der Waals surface area (Å²) in [4.78, 5) is 11.3. The molecular weight excluding hydrogens is 1650 g/mol. The van der Waals surface area contributed by atoms with Gasteiger partial charge in [0.1, 0.15) is 22.3 Å². The third-order valence-electron chi connectivity index (χ3n) is 26.9. The number of hydrogen-bond acceptors (Lipinski definition) is 6. The molecule has 0 aliphatic heterocycles. The highest BCUT2D eigenvalue weighted by Gasteiger charge is 2.46. The average molecular weight is 1740 g/mol. The zero-order valence-electron chi connectivity index (χ0n) is 74.4. The molecule has 0 atom stereocenters. The van der Waals surface area contributed by atoms with Crippen molar-refractivity contribution >= 4 is 138 Å². The smallest absolute Gasteiger partial charge is 0.137 e. The highest BCUT2D eigenvalue weighted by Crippen LogP contribution is 2.58. The first-order valence-corrected chi connectivity index (χ1v) is 46.4. The van der Waals surface area contributed by atoms with Crippen LogP contribution in [0.2, 0.25) is 0 Å². The fourth-order valence-corrected chi connectivity index (χ4v) is 20.2. The Balaban J connectivity index is 0.000000112. The summed E-state index contributed by atoms with van der Waals surface area (Å²) in [7, 11) is 0. The molecule has 0 bridgehead atoms. The zero-order chi connectivity index (χ0) is 90.3. The van der Waals surface area contributed by atoms with Gasteiger partial charge in [0.2, 0.25) is 0 Å². The molecule has 6 nitrogen and oxygen atoms in total. The highest BCUT2D eigenvalue weighted by atomic mass is 16.3. The lowest BCUT2D eigenvalue weighted by Gasteiger charge is -2.35. The second kappa shape index (κ2) is 35.4. The van der Waals surface area contributed by atoms with Crippen LogP contribution in [0.4, 0.5) is 51.2 Å². The van der Waals surface area contributed by atoms with Crippen molar-refractivity contribution in [1.29, 1.82) is 0 Å². The zero-order valence-corrected chi connectivity index (χ0v) is 74.4. The van der Waals surface area contributed by atoms with Crippen LogP contribution in [0.5, 0.6) is 0 Å². The number of aromatic nitrogens is 1. The number of nitrogens with zero attached hydrogens (tertiary/aromatic N) is 4. The Morgan fingerprint density at radius 3 is 0.890 bits per heavy atom. The monoisotopic (exact) mass is 1740 g/mol. The summed E-state index contributed by atoms with van der Waals surface area (Å²) in [5.41, 5.74) is 32.4. The Labute approximate surface area is 789 Å². The van der Waals surface area contributed by atoms with Gasteiger partial charge in [0.05, 0.1) is 5.41 Å². The van der Waals surface area contributed by atoms with Gasteiger partial charge in [0.25, 0.3) is 0 Å². The van der Waals surface area contributed by atoms with E-state index in [1.165, 1.54) is 121 Å². The first-order chi connectivity index (χ1) is 67.4. The number of para-hydroxylation sites is 2. The van der Waals surface area contributed by atoms with E-state index in [2.05, 4.69) is 511 Å². The van der Waals surface area contributed by atoms with Crippen molar-refractivity contribution < 1.29 is 8.83 Å². The van der Waals surface area contributed by atoms with Crippen molar-refractivity contribution in [3.8, 4) is 66.8 Å². The summed E-state index contributed by atoms with van der Waals surface area (Å²) in [6.07, 6.45) is 3.70. The minimum Gasteiger partial charge on any atom is -0.456 e. The van der Waals surface area contributed by atoms with E-state index in [4.69, 9.17) is 8.83 Å². The van der Waals surface area contributed by atoms with Crippen LogP contribution >= 0.6 is 0 Å². The molecule has 26 rings (SSSR count). The van der Waals surface area contributed by atoms with Gasteiger partial charge in [-0.25, -0.2) is 0 Å². The molecule has 22 aromatic carbocycles. The van der Waals surface area contributed by atoms with Gasteiger partial charge in [-0.2, -0.15) is 0 Å². The number of pyridine rings is 1. The molecule has 640 valence electrons. The number of furan rings is 2. The molecule has 0 radical (unpaired) electrons. The van der Waals surface area contributed by atoms with E-state index >= 15 is 0 Å². The molecule has 3 heterocycles. The Hall–Kier alpha value is -18.0. The fraction of sp³-hybridized carbons (Fsp3) is 0.00769. The molecule has 0 fully saturated rings. The lowest BCUT2D eigenvalue weighted by molar-refractivity contribution is 0.668. The highest BCUT2D eigenvalue weighted by molar-refractivity contribution is 6.08. The van der Waals surface area contributed by atoms with Crippen molar-refractivity contribution in [1.82, 2.24) is 4.98 Å². The molecule has 0 amide bonds. The average Bonchev–Trinajstić information content (AvgIpc) is 1.53. The SMILES string of the molecule is c1ccc(-c2ccc(N(c3ccc(-c4ccc5ccccc5c4)cc3)c3ccc4c(c3)oc3ccccc34)cc2)cc1.c1ccc(C2(c3ccccc3)c3ccccc3-c3ccc(N(c4ccc(-c5ccc6ccccc6c5)cc4)c4ccc5ccccc5c4)cc32)cc1.c1cncc(-c2ccc(N(c3ccc(-c4ccc5ccccc5c4)cc3)c3ccc4c(c3)oc3ccccc34)cc2)c1. The number of hydrogen-bond donors (Lipinski definition) is 0. The van der Waals surface area contributed by atoms with Crippen molar-refractivity contribution in [2.45, 2.75) is 5.41 Å². The molecule has 0 saturated heterocycles. The molecule has 25 aromatic rings. The summed E-state index contributed by atoms with van der Waals surface area (Å²) >= 11 is 0. The maximum atomic E-state index is 6.28. The quantitative estimate of drug-likeness (QED) is 0.0961. The third-order valence-corrected chi connectivity index (χ3v) is 26.9.